The van der Waals surface area contributed by atoms with E-state index in [2.05, 4.69) is 0 Å². The highest BCUT2D eigenvalue weighted by molar-refractivity contribution is 5.21. The first kappa shape index (κ1) is 14.0. The molecule has 0 amide bonds. The van der Waals surface area contributed by atoms with Crippen LogP contribution in [0.2, 0.25) is 0 Å². The van der Waals surface area contributed by atoms with E-state index < -0.39 is 23.3 Å². The maximum Gasteiger partial charge on any atom is 0.197 e. The number of unbranched alkanes of at least 4 members (excludes halogenated alkanes) is 2. The van der Waals surface area contributed by atoms with Gasteiger partial charge in [0.2, 0.25) is 0 Å². The monoisotopic (exact) mass is 250 g/mol. The van der Waals surface area contributed by atoms with Gasteiger partial charge in [-0.3, -0.25) is 0 Å². The van der Waals surface area contributed by atoms with Gasteiger partial charge in [0.15, 0.2) is 23.3 Å². The summed E-state index contributed by atoms with van der Waals surface area (Å²) in [6.45, 7) is 2.14. The van der Waals surface area contributed by atoms with Gasteiger partial charge in [0.05, 0.1) is 6.61 Å². The van der Waals surface area contributed by atoms with Crippen LogP contribution >= 0.6 is 0 Å². The van der Waals surface area contributed by atoms with Crippen molar-refractivity contribution in [2.24, 2.45) is 0 Å². The summed E-state index contributed by atoms with van der Waals surface area (Å²) in [6, 6.07) is 0.619. The minimum absolute atomic E-state index is 0.260. The van der Waals surface area contributed by atoms with Crippen molar-refractivity contribution >= 4 is 0 Å². The molecule has 0 atom stereocenters. The summed E-state index contributed by atoms with van der Waals surface area (Å²) in [4.78, 5) is 0. The number of halogens is 4. The zero-order valence-corrected chi connectivity index (χ0v) is 9.53. The average molecular weight is 250 g/mol. The van der Waals surface area contributed by atoms with Crippen molar-refractivity contribution in [1.29, 1.82) is 0 Å². The largest absolute Gasteiger partial charge is 0.377 e. The van der Waals surface area contributed by atoms with E-state index in [1.54, 1.807) is 0 Å². The third-order valence-electron chi connectivity index (χ3n) is 2.33. The van der Waals surface area contributed by atoms with Crippen molar-refractivity contribution in [3.8, 4) is 0 Å². The zero-order chi connectivity index (χ0) is 12.8. The summed E-state index contributed by atoms with van der Waals surface area (Å²) in [5.41, 5.74) is -0.308. The molecule has 0 aromatic heterocycles. The molecule has 0 unspecified atom stereocenters. The van der Waals surface area contributed by atoms with E-state index in [1.807, 2.05) is 6.92 Å². The fourth-order valence-electron chi connectivity index (χ4n) is 1.36. The minimum atomic E-state index is -1.79. The summed E-state index contributed by atoms with van der Waals surface area (Å²) >= 11 is 0. The summed E-state index contributed by atoms with van der Waals surface area (Å²) in [6.07, 6.45) is 2.77. The van der Waals surface area contributed by atoms with Crippen molar-refractivity contribution in [3.63, 3.8) is 0 Å². The van der Waals surface area contributed by atoms with Gasteiger partial charge in [0.25, 0.3) is 0 Å². The Labute approximate surface area is 97.4 Å². The molecule has 0 aliphatic heterocycles. The Morgan fingerprint density at radius 3 is 2.35 bits per heavy atom. The normalized spacial score (nSPS) is 10.9. The minimum Gasteiger partial charge on any atom is -0.377 e. The quantitative estimate of drug-likeness (QED) is 0.321. The molecule has 0 N–H and O–H groups in total. The standard InChI is InChI=1S/C12H14F4O/c1-2-3-4-5-17-7-8-6-9(13)11(15)12(16)10(8)14/h6H,2-5,7H2,1H3. The molecule has 0 saturated heterocycles. The molecule has 0 aliphatic rings. The summed E-state index contributed by atoms with van der Waals surface area (Å²) < 4.78 is 56.5. The highest BCUT2D eigenvalue weighted by Crippen LogP contribution is 2.19. The summed E-state index contributed by atoms with van der Waals surface area (Å²) in [5, 5.41) is 0. The molecule has 0 saturated carbocycles. The van der Waals surface area contributed by atoms with Gasteiger partial charge in [-0.05, 0) is 12.5 Å². The topological polar surface area (TPSA) is 9.23 Å². The van der Waals surface area contributed by atoms with Gasteiger partial charge in [0, 0.05) is 12.2 Å². The van der Waals surface area contributed by atoms with Gasteiger partial charge in [-0.25, -0.2) is 17.6 Å². The molecular formula is C12H14F4O. The van der Waals surface area contributed by atoms with E-state index >= 15 is 0 Å². The first-order valence-electron chi connectivity index (χ1n) is 5.47. The third-order valence-corrected chi connectivity index (χ3v) is 2.33. The molecule has 1 nitrogen and oxygen atoms in total. The highest BCUT2D eigenvalue weighted by atomic mass is 19.2. The Morgan fingerprint density at radius 2 is 1.71 bits per heavy atom. The van der Waals surface area contributed by atoms with Crippen LogP contribution in [0.15, 0.2) is 6.07 Å². The lowest BCUT2D eigenvalue weighted by Crippen LogP contribution is -2.04. The van der Waals surface area contributed by atoms with Crippen LogP contribution < -0.4 is 0 Å². The molecule has 0 aliphatic carbocycles. The van der Waals surface area contributed by atoms with Gasteiger partial charge in [-0.15, -0.1) is 0 Å². The Bertz CT molecular complexity index is 379. The third kappa shape index (κ3) is 3.70. The van der Waals surface area contributed by atoms with E-state index in [-0.39, 0.29) is 12.2 Å². The maximum absolute atomic E-state index is 13.2. The Balaban J connectivity index is 2.60. The van der Waals surface area contributed by atoms with Crippen molar-refractivity contribution < 1.29 is 22.3 Å². The molecule has 1 aromatic rings. The van der Waals surface area contributed by atoms with Gasteiger partial charge in [-0.1, -0.05) is 19.8 Å². The lowest BCUT2D eigenvalue weighted by atomic mass is 10.2. The molecular weight excluding hydrogens is 236 g/mol. The van der Waals surface area contributed by atoms with E-state index in [0.717, 1.165) is 19.3 Å². The zero-order valence-electron chi connectivity index (χ0n) is 9.53. The van der Waals surface area contributed by atoms with Crippen LogP contribution in [0, 0.1) is 23.3 Å². The van der Waals surface area contributed by atoms with Crippen molar-refractivity contribution in [2.45, 2.75) is 32.8 Å². The van der Waals surface area contributed by atoms with Crippen LogP contribution in [0.25, 0.3) is 0 Å². The lowest BCUT2D eigenvalue weighted by Gasteiger charge is -2.07. The SMILES string of the molecule is CCCCCOCc1cc(F)c(F)c(F)c1F. The number of rotatable bonds is 6. The number of hydrogen-bond donors (Lipinski definition) is 0. The van der Waals surface area contributed by atoms with Crippen LogP contribution in [-0.4, -0.2) is 6.61 Å². The summed E-state index contributed by atoms with van der Waals surface area (Å²) in [7, 11) is 0. The van der Waals surface area contributed by atoms with Crippen LogP contribution in [0.5, 0.6) is 0 Å². The second-order valence-electron chi connectivity index (χ2n) is 3.72. The lowest BCUT2D eigenvalue weighted by molar-refractivity contribution is 0.113. The van der Waals surface area contributed by atoms with Crippen molar-refractivity contribution in [2.75, 3.05) is 6.61 Å². The van der Waals surface area contributed by atoms with Gasteiger partial charge >= 0.3 is 0 Å². The smallest absolute Gasteiger partial charge is 0.197 e. The molecule has 5 heteroatoms. The first-order valence-corrected chi connectivity index (χ1v) is 5.47. The molecule has 0 radical (unpaired) electrons. The first-order chi connectivity index (χ1) is 8.07. The van der Waals surface area contributed by atoms with Crippen LogP contribution in [0.3, 0.4) is 0 Å². The Hall–Kier alpha value is -1.10. The highest BCUT2D eigenvalue weighted by Gasteiger charge is 2.18. The molecule has 0 spiro atoms. The number of benzene rings is 1. The number of hydrogen-bond acceptors (Lipinski definition) is 1. The van der Waals surface area contributed by atoms with Crippen LogP contribution in [0.1, 0.15) is 31.7 Å². The number of ether oxygens (including phenoxy) is 1. The molecule has 0 heterocycles. The molecule has 17 heavy (non-hydrogen) atoms. The predicted molar refractivity (Wildman–Crippen MR) is 55.5 cm³/mol. The second kappa shape index (κ2) is 6.59. The molecule has 0 bridgehead atoms. The van der Waals surface area contributed by atoms with Gasteiger partial charge in [-0.2, -0.15) is 0 Å². The van der Waals surface area contributed by atoms with Crippen LogP contribution in [0.4, 0.5) is 17.6 Å². The van der Waals surface area contributed by atoms with Gasteiger partial charge in [0.1, 0.15) is 0 Å². The fourth-order valence-corrected chi connectivity index (χ4v) is 1.36. The van der Waals surface area contributed by atoms with Crippen molar-refractivity contribution in [3.05, 3.63) is 34.9 Å². The average Bonchev–Trinajstić information content (AvgIpc) is 2.32. The molecule has 1 rings (SSSR count). The molecule has 1 aromatic carbocycles. The molecule has 96 valence electrons. The van der Waals surface area contributed by atoms with Crippen LogP contribution in [-0.2, 0) is 11.3 Å². The van der Waals surface area contributed by atoms with Gasteiger partial charge < -0.3 is 4.74 Å². The Kier molecular flexibility index (Phi) is 5.41. The second-order valence-corrected chi connectivity index (χ2v) is 3.72. The van der Waals surface area contributed by atoms with E-state index in [9.17, 15) is 17.6 Å². The van der Waals surface area contributed by atoms with E-state index in [4.69, 9.17) is 4.74 Å². The fraction of sp³-hybridized carbons (Fsp3) is 0.500. The predicted octanol–water partition coefficient (Wildman–Crippen LogP) is 3.95. The molecule has 0 fully saturated rings. The van der Waals surface area contributed by atoms with E-state index in [1.165, 1.54) is 0 Å². The van der Waals surface area contributed by atoms with E-state index in [0.29, 0.717) is 12.7 Å². The van der Waals surface area contributed by atoms with Crippen molar-refractivity contribution in [1.82, 2.24) is 0 Å². The summed E-state index contributed by atoms with van der Waals surface area (Å²) in [5.74, 6) is -6.38. The maximum atomic E-state index is 13.2. The Morgan fingerprint density at radius 1 is 1.00 bits per heavy atom.